The van der Waals surface area contributed by atoms with Crippen LogP contribution in [0.5, 0.6) is 0 Å². The quantitative estimate of drug-likeness (QED) is 0.752. The zero-order chi connectivity index (χ0) is 19.0. The molecule has 6 heteroatoms. The first-order valence-corrected chi connectivity index (χ1v) is 10.7. The second-order valence-electron chi connectivity index (χ2n) is 7.22. The SMILES string of the molecule is Cc1ccccc1S(=O)(=O)N1CCN(Cc2c(C)[nH]c3ccccc23)CC1. The minimum Gasteiger partial charge on any atom is -0.358 e. The molecular weight excluding hydrogens is 358 g/mol. The minimum atomic E-state index is -3.42. The van der Waals surface area contributed by atoms with Gasteiger partial charge in [-0.3, -0.25) is 4.90 Å². The maximum atomic E-state index is 13.0. The summed E-state index contributed by atoms with van der Waals surface area (Å²) in [5.74, 6) is 0. The van der Waals surface area contributed by atoms with Crippen LogP contribution >= 0.6 is 0 Å². The molecule has 1 saturated heterocycles. The van der Waals surface area contributed by atoms with Crippen molar-refractivity contribution in [2.45, 2.75) is 25.3 Å². The van der Waals surface area contributed by atoms with E-state index in [1.165, 1.54) is 16.6 Å². The van der Waals surface area contributed by atoms with Crippen LogP contribution in [0.15, 0.2) is 53.4 Å². The normalized spacial score (nSPS) is 16.8. The maximum absolute atomic E-state index is 13.0. The van der Waals surface area contributed by atoms with Gasteiger partial charge >= 0.3 is 0 Å². The Morgan fingerprint density at radius 3 is 2.33 bits per heavy atom. The number of H-pyrrole nitrogens is 1. The van der Waals surface area contributed by atoms with Crippen LogP contribution in [0.2, 0.25) is 0 Å². The number of para-hydroxylation sites is 1. The zero-order valence-corrected chi connectivity index (χ0v) is 16.6. The number of benzene rings is 2. The molecule has 27 heavy (non-hydrogen) atoms. The van der Waals surface area contributed by atoms with Crippen molar-refractivity contribution in [2.75, 3.05) is 26.2 Å². The third-order valence-corrected chi connectivity index (χ3v) is 7.51. The molecule has 1 N–H and O–H groups in total. The second kappa shape index (κ2) is 7.11. The lowest BCUT2D eigenvalue weighted by Gasteiger charge is -2.34. The predicted molar refractivity (Wildman–Crippen MR) is 108 cm³/mol. The van der Waals surface area contributed by atoms with Crippen molar-refractivity contribution in [2.24, 2.45) is 0 Å². The van der Waals surface area contributed by atoms with Gasteiger partial charge in [-0.1, -0.05) is 36.4 Å². The van der Waals surface area contributed by atoms with Crippen molar-refractivity contribution in [1.29, 1.82) is 0 Å². The van der Waals surface area contributed by atoms with Gasteiger partial charge in [0.25, 0.3) is 0 Å². The largest absolute Gasteiger partial charge is 0.358 e. The lowest BCUT2D eigenvalue weighted by molar-refractivity contribution is 0.182. The number of fused-ring (bicyclic) bond motifs is 1. The number of hydrogen-bond acceptors (Lipinski definition) is 3. The zero-order valence-electron chi connectivity index (χ0n) is 15.8. The highest BCUT2D eigenvalue weighted by molar-refractivity contribution is 7.89. The molecule has 142 valence electrons. The van der Waals surface area contributed by atoms with E-state index in [1.807, 2.05) is 25.1 Å². The number of rotatable bonds is 4. The molecule has 4 rings (SSSR count). The Labute approximate surface area is 160 Å². The van der Waals surface area contributed by atoms with E-state index in [-0.39, 0.29) is 0 Å². The molecule has 0 radical (unpaired) electrons. The molecule has 1 aliphatic heterocycles. The number of aromatic nitrogens is 1. The summed E-state index contributed by atoms with van der Waals surface area (Å²) in [5, 5.41) is 1.25. The van der Waals surface area contributed by atoms with Crippen LogP contribution < -0.4 is 0 Å². The van der Waals surface area contributed by atoms with Gasteiger partial charge < -0.3 is 4.98 Å². The molecule has 0 bridgehead atoms. The molecule has 2 aromatic carbocycles. The van der Waals surface area contributed by atoms with Crippen molar-refractivity contribution < 1.29 is 8.42 Å². The van der Waals surface area contributed by atoms with Crippen LogP contribution in [0.1, 0.15) is 16.8 Å². The average molecular weight is 384 g/mol. The van der Waals surface area contributed by atoms with E-state index in [2.05, 4.69) is 35.0 Å². The Morgan fingerprint density at radius 2 is 1.59 bits per heavy atom. The van der Waals surface area contributed by atoms with Crippen LogP contribution in [0.4, 0.5) is 0 Å². The van der Waals surface area contributed by atoms with Crippen molar-refractivity contribution >= 4 is 20.9 Å². The number of aromatic amines is 1. The summed E-state index contributed by atoms with van der Waals surface area (Å²) in [7, 11) is -3.42. The number of nitrogens with zero attached hydrogens (tertiary/aromatic N) is 2. The third kappa shape index (κ3) is 3.40. The molecule has 3 aromatic rings. The molecule has 1 aliphatic rings. The van der Waals surface area contributed by atoms with Gasteiger partial charge in [-0.25, -0.2) is 8.42 Å². The Morgan fingerprint density at radius 1 is 0.926 bits per heavy atom. The fraction of sp³-hybridized carbons (Fsp3) is 0.333. The molecule has 0 amide bonds. The summed E-state index contributed by atoms with van der Waals surface area (Å²) in [6.45, 7) is 7.33. The van der Waals surface area contributed by atoms with E-state index < -0.39 is 10.0 Å². The summed E-state index contributed by atoms with van der Waals surface area (Å²) < 4.78 is 27.5. The Hall–Kier alpha value is -2.15. The van der Waals surface area contributed by atoms with Gasteiger partial charge in [0.05, 0.1) is 4.90 Å². The molecule has 0 aliphatic carbocycles. The minimum absolute atomic E-state index is 0.422. The first-order chi connectivity index (χ1) is 13.0. The van der Waals surface area contributed by atoms with Gasteiger partial charge in [-0.2, -0.15) is 4.31 Å². The van der Waals surface area contributed by atoms with E-state index in [9.17, 15) is 8.42 Å². The first-order valence-electron chi connectivity index (χ1n) is 9.31. The summed E-state index contributed by atoms with van der Waals surface area (Å²) in [5.41, 5.74) is 4.45. The lowest BCUT2D eigenvalue weighted by atomic mass is 10.1. The van der Waals surface area contributed by atoms with E-state index in [1.54, 1.807) is 16.4 Å². The molecule has 0 saturated carbocycles. The third-order valence-electron chi connectivity index (χ3n) is 5.45. The van der Waals surface area contributed by atoms with Gasteiger partial charge in [-0.05, 0) is 37.1 Å². The van der Waals surface area contributed by atoms with Crippen LogP contribution in [0.25, 0.3) is 10.9 Å². The van der Waals surface area contributed by atoms with Crippen LogP contribution in [0.3, 0.4) is 0 Å². The molecule has 1 fully saturated rings. The fourth-order valence-corrected chi connectivity index (χ4v) is 5.52. The van der Waals surface area contributed by atoms with Gasteiger partial charge in [0.15, 0.2) is 0 Å². The number of sulfonamides is 1. The van der Waals surface area contributed by atoms with Crippen molar-refractivity contribution in [1.82, 2.24) is 14.2 Å². The summed E-state index contributed by atoms with van der Waals surface area (Å²) in [4.78, 5) is 6.21. The number of piperazine rings is 1. The number of nitrogens with one attached hydrogen (secondary N) is 1. The summed E-state index contributed by atoms with van der Waals surface area (Å²) in [6, 6.07) is 15.6. The Bertz CT molecular complexity index is 1060. The van der Waals surface area contributed by atoms with Gasteiger partial charge in [0.2, 0.25) is 10.0 Å². The number of hydrogen-bond donors (Lipinski definition) is 1. The Kier molecular flexibility index (Phi) is 4.80. The molecule has 0 spiro atoms. The van der Waals surface area contributed by atoms with E-state index >= 15 is 0 Å². The standard InChI is InChI=1S/C21H25N3O2S/c1-16-7-3-6-10-21(16)27(25,26)24-13-11-23(12-14-24)15-19-17(2)22-20-9-5-4-8-18(19)20/h3-10,22H,11-15H2,1-2H3. The van der Waals surface area contributed by atoms with E-state index in [4.69, 9.17) is 0 Å². The molecular formula is C21H25N3O2S. The molecule has 0 atom stereocenters. The van der Waals surface area contributed by atoms with Crippen LogP contribution in [-0.2, 0) is 16.6 Å². The van der Waals surface area contributed by atoms with Crippen LogP contribution in [0, 0.1) is 13.8 Å². The van der Waals surface area contributed by atoms with Crippen molar-refractivity contribution in [3.05, 3.63) is 65.4 Å². The molecule has 0 unspecified atom stereocenters. The van der Waals surface area contributed by atoms with Gasteiger partial charge in [0.1, 0.15) is 0 Å². The highest BCUT2D eigenvalue weighted by Crippen LogP contribution is 2.25. The number of aryl methyl sites for hydroxylation is 2. The van der Waals surface area contributed by atoms with Gasteiger partial charge in [-0.15, -0.1) is 0 Å². The van der Waals surface area contributed by atoms with Crippen LogP contribution in [-0.4, -0.2) is 48.8 Å². The van der Waals surface area contributed by atoms with Crippen molar-refractivity contribution in [3.8, 4) is 0 Å². The van der Waals surface area contributed by atoms with E-state index in [0.717, 1.165) is 30.7 Å². The predicted octanol–water partition coefficient (Wildman–Crippen LogP) is 3.29. The van der Waals surface area contributed by atoms with Crippen molar-refractivity contribution in [3.63, 3.8) is 0 Å². The monoisotopic (exact) mass is 383 g/mol. The van der Waals surface area contributed by atoms with Gasteiger partial charge in [0, 0.05) is 49.3 Å². The van der Waals surface area contributed by atoms with E-state index in [0.29, 0.717) is 18.0 Å². The average Bonchev–Trinajstić information content (AvgIpc) is 2.98. The maximum Gasteiger partial charge on any atom is 0.243 e. The Balaban J connectivity index is 1.48. The second-order valence-corrected chi connectivity index (χ2v) is 9.13. The topological polar surface area (TPSA) is 56.4 Å². The lowest BCUT2D eigenvalue weighted by Crippen LogP contribution is -2.48. The summed E-state index contributed by atoms with van der Waals surface area (Å²) >= 11 is 0. The summed E-state index contributed by atoms with van der Waals surface area (Å²) in [6.07, 6.45) is 0. The molecule has 1 aromatic heterocycles. The first kappa shape index (κ1) is 18.2. The molecule has 2 heterocycles. The highest BCUT2D eigenvalue weighted by Gasteiger charge is 2.29. The highest BCUT2D eigenvalue weighted by atomic mass is 32.2. The molecule has 5 nitrogen and oxygen atoms in total. The fourth-order valence-electron chi connectivity index (χ4n) is 3.88. The smallest absolute Gasteiger partial charge is 0.243 e.